The Morgan fingerprint density at radius 2 is 1.69 bits per heavy atom. The fraction of sp³-hybridized carbons (Fsp3) is 0.458. The van der Waals surface area contributed by atoms with Gasteiger partial charge in [0, 0.05) is 56.0 Å². The molecule has 0 aliphatic carbocycles. The Labute approximate surface area is 187 Å². The first-order valence-electron chi connectivity index (χ1n) is 10.9. The highest BCUT2D eigenvalue weighted by Gasteiger charge is 2.43. The Hall–Kier alpha value is -3.29. The predicted molar refractivity (Wildman–Crippen MR) is 122 cm³/mol. The van der Waals surface area contributed by atoms with Gasteiger partial charge in [-0.25, -0.2) is 0 Å². The number of amides is 1. The summed E-state index contributed by atoms with van der Waals surface area (Å²) in [6.45, 7) is 9.98. The van der Waals surface area contributed by atoms with E-state index in [2.05, 4.69) is 4.90 Å². The van der Waals surface area contributed by atoms with Gasteiger partial charge in [-0.3, -0.25) is 14.9 Å². The monoisotopic (exact) mass is 439 g/mol. The lowest BCUT2D eigenvalue weighted by atomic mass is 9.86. The van der Waals surface area contributed by atoms with Gasteiger partial charge >= 0.3 is 0 Å². The van der Waals surface area contributed by atoms with E-state index in [9.17, 15) is 20.0 Å². The maximum atomic E-state index is 13.5. The standard InChI is InChI=1S/C24H29N3O5/c1-15-16(2)22-20(17(3)21(15)28)9-10-24(4,32-22)23(29)26-13-11-25(12-14-26)18-5-7-19(8-6-18)27(30)31/h5-8,28H,9-14H2,1-4H3/t24-/m0/s1. The van der Waals surface area contributed by atoms with Gasteiger partial charge < -0.3 is 19.6 Å². The molecule has 4 rings (SSSR count). The van der Waals surface area contributed by atoms with Crippen LogP contribution in [0.25, 0.3) is 0 Å². The van der Waals surface area contributed by atoms with Crippen LogP contribution in [0.15, 0.2) is 24.3 Å². The number of fused-ring (bicyclic) bond motifs is 1. The third-order valence-corrected chi connectivity index (χ3v) is 6.96. The number of carbonyl (C=O) groups excluding carboxylic acids is 1. The number of non-ortho nitro benzene ring substituents is 1. The van der Waals surface area contributed by atoms with Crippen molar-refractivity contribution in [2.75, 3.05) is 31.1 Å². The van der Waals surface area contributed by atoms with Crippen LogP contribution in [0.2, 0.25) is 0 Å². The lowest BCUT2D eigenvalue weighted by Crippen LogP contribution is -2.57. The molecular weight excluding hydrogens is 410 g/mol. The number of phenols is 1. The first kappa shape index (κ1) is 21.9. The molecule has 170 valence electrons. The maximum Gasteiger partial charge on any atom is 0.269 e. The number of nitro groups is 1. The van der Waals surface area contributed by atoms with Crippen molar-refractivity contribution in [3.05, 3.63) is 56.6 Å². The highest BCUT2D eigenvalue weighted by molar-refractivity contribution is 5.86. The van der Waals surface area contributed by atoms with Gasteiger partial charge in [0.15, 0.2) is 5.60 Å². The van der Waals surface area contributed by atoms with Gasteiger partial charge in [-0.15, -0.1) is 0 Å². The summed E-state index contributed by atoms with van der Waals surface area (Å²) in [7, 11) is 0. The van der Waals surface area contributed by atoms with Crippen molar-refractivity contribution in [2.24, 2.45) is 0 Å². The van der Waals surface area contributed by atoms with E-state index in [0.29, 0.717) is 44.8 Å². The quantitative estimate of drug-likeness (QED) is 0.579. The minimum Gasteiger partial charge on any atom is -0.507 e. The van der Waals surface area contributed by atoms with Crippen LogP contribution in [0.3, 0.4) is 0 Å². The van der Waals surface area contributed by atoms with Gasteiger partial charge in [0.2, 0.25) is 0 Å². The second-order valence-electron chi connectivity index (χ2n) is 8.92. The number of phenolic OH excluding ortho intramolecular Hbond substituents is 1. The number of aromatic hydroxyl groups is 1. The second kappa shape index (κ2) is 8.00. The number of carbonyl (C=O) groups is 1. The van der Waals surface area contributed by atoms with E-state index in [4.69, 9.17) is 4.74 Å². The molecule has 2 aliphatic heterocycles. The number of nitrogens with zero attached hydrogens (tertiary/aromatic N) is 3. The minimum atomic E-state index is -0.941. The first-order valence-corrected chi connectivity index (χ1v) is 10.9. The molecule has 2 aromatic carbocycles. The molecule has 0 aromatic heterocycles. The summed E-state index contributed by atoms with van der Waals surface area (Å²) in [5.41, 5.74) is 3.52. The molecule has 8 heteroatoms. The average molecular weight is 440 g/mol. The van der Waals surface area contributed by atoms with Crippen molar-refractivity contribution in [3.63, 3.8) is 0 Å². The SMILES string of the molecule is Cc1c(C)c2c(c(C)c1O)CC[C@@](C)(C(=O)N1CCN(c3ccc([N+](=O)[O-])cc3)CC1)O2. The number of hydrogen-bond donors (Lipinski definition) is 1. The summed E-state index contributed by atoms with van der Waals surface area (Å²) >= 11 is 0. The van der Waals surface area contributed by atoms with Crippen LogP contribution in [0.5, 0.6) is 11.5 Å². The highest BCUT2D eigenvalue weighted by atomic mass is 16.6. The molecule has 0 unspecified atom stereocenters. The number of anilines is 1. The van der Waals surface area contributed by atoms with Crippen molar-refractivity contribution >= 4 is 17.3 Å². The van der Waals surface area contributed by atoms with Crippen LogP contribution in [0.1, 0.15) is 35.6 Å². The van der Waals surface area contributed by atoms with E-state index in [1.165, 1.54) is 12.1 Å². The van der Waals surface area contributed by atoms with Crippen LogP contribution in [-0.4, -0.2) is 52.6 Å². The molecule has 0 bridgehead atoms. The summed E-state index contributed by atoms with van der Waals surface area (Å²) in [6.07, 6.45) is 1.24. The molecule has 1 saturated heterocycles. The Morgan fingerprint density at radius 3 is 2.28 bits per heavy atom. The summed E-state index contributed by atoms with van der Waals surface area (Å²) in [5, 5.41) is 21.2. The van der Waals surface area contributed by atoms with Crippen molar-refractivity contribution in [2.45, 2.75) is 46.1 Å². The number of benzene rings is 2. The third-order valence-electron chi connectivity index (χ3n) is 6.96. The van der Waals surface area contributed by atoms with E-state index in [1.54, 1.807) is 12.1 Å². The smallest absolute Gasteiger partial charge is 0.269 e. The van der Waals surface area contributed by atoms with Crippen molar-refractivity contribution < 1.29 is 19.6 Å². The van der Waals surface area contributed by atoms with Crippen molar-refractivity contribution in [1.29, 1.82) is 0 Å². The third kappa shape index (κ3) is 3.63. The van der Waals surface area contributed by atoms with Crippen LogP contribution in [0.4, 0.5) is 11.4 Å². The van der Waals surface area contributed by atoms with Crippen LogP contribution in [-0.2, 0) is 11.2 Å². The van der Waals surface area contributed by atoms with Gasteiger partial charge in [-0.2, -0.15) is 0 Å². The number of ether oxygens (including phenoxy) is 1. The van der Waals surface area contributed by atoms with E-state index in [0.717, 1.165) is 33.7 Å². The first-order chi connectivity index (χ1) is 15.1. The van der Waals surface area contributed by atoms with E-state index < -0.39 is 10.5 Å². The molecule has 32 heavy (non-hydrogen) atoms. The van der Waals surface area contributed by atoms with E-state index in [-0.39, 0.29) is 11.6 Å². The number of nitro benzene ring substituents is 1. The number of hydrogen-bond acceptors (Lipinski definition) is 6. The molecular formula is C24H29N3O5. The molecule has 1 N–H and O–H groups in total. The number of rotatable bonds is 3. The zero-order valence-corrected chi connectivity index (χ0v) is 19.0. The van der Waals surface area contributed by atoms with Gasteiger partial charge in [0.25, 0.3) is 11.6 Å². The molecule has 1 amide bonds. The molecule has 0 spiro atoms. The molecule has 1 atom stereocenters. The van der Waals surface area contributed by atoms with E-state index >= 15 is 0 Å². The van der Waals surface area contributed by atoms with Crippen LogP contribution in [0, 0.1) is 30.9 Å². The topological polar surface area (TPSA) is 96.2 Å². The number of piperazine rings is 1. The summed E-state index contributed by atoms with van der Waals surface area (Å²) in [4.78, 5) is 27.9. The lowest BCUT2D eigenvalue weighted by Gasteiger charge is -2.42. The molecule has 8 nitrogen and oxygen atoms in total. The largest absolute Gasteiger partial charge is 0.507 e. The molecule has 1 fully saturated rings. The molecule has 0 saturated carbocycles. The van der Waals surface area contributed by atoms with Gasteiger partial charge in [-0.05, 0) is 62.9 Å². The molecule has 2 aliphatic rings. The Balaban J connectivity index is 1.46. The zero-order valence-electron chi connectivity index (χ0n) is 19.0. The summed E-state index contributed by atoms with van der Waals surface area (Å²) < 4.78 is 6.35. The highest BCUT2D eigenvalue weighted by Crippen LogP contribution is 2.43. The van der Waals surface area contributed by atoms with Gasteiger partial charge in [0.05, 0.1) is 4.92 Å². The molecule has 2 aromatic rings. The maximum absolute atomic E-state index is 13.5. The van der Waals surface area contributed by atoms with Crippen LogP contribution >= 0.6 is 0 Å². The van der Waals surface area contributed by atoms with Gasteiger partial charge in [-0.1, -0.05) is 0 Å². The summed E-state index contributed by atoms with van der Waals surface area (Å²) in [5.74, 6) is 1.01. The molecule has 2 heterocycles. The van der Waals surface area contributed by atoms with Gasteiger partial charge in [0.1, 0.15) is 11.5 Å². The average Bonchev–Trinajstić information content (AvgIpc) is 2.81. The Morgan fingerprint density at radius 1 is 1.06 bits per heavy atom. The minimum absolute atomic E-state index is 0.0192. The Kier molecular flexibility index (Phi) is 5.48. The lowest BCUT2D eigenvalue weighted by molar-refractivity contribution is -0.384. The predicted octanol–water partition coefficient (Wildman–Crippen LogP) is 3.66. The normalized spacial score (nSPS) is 20.5. The Bertz CT molecular complexity index is 1070. The summed E-state index contributed by atoms with van der Waals surface area (Å²) in [6, 6.07) is 6.51. The second-order valence-corrected chi connectivity index (χ2v) is 8.92. The fourth-order valence-corrected chi connectivity index (χ4v) is 4.69. The fourth-order valence-electron chi connectivity index (χ4n) is 4.69. The van der Waals surface area contributed by atoms with E-state index in [1.807, 2.05) is 32.6 Å². The van der Waals surface area contributed by atoms with Crippen LogP contribution < -0.4 is 9.64 Å². The zero-order chi connectivity index (χ0) is 23.2. The van der Waals surface area contributed by atoms with Crippen molar-refractivity contribution in [1.82, 2.24) is 4.90 Å². The molecule has 0 radical (unpaired) electrons. The van der Waals surface area contributed by atoms with Crippen molar-refractivity contribution in [3.8, 4) is 11.5 Å².